The second-order valence-electron chi connectivity index (χ2n) is 7.43. The van der Waals surface area contributed by atoms with Gasteiger partial charge in [0.25, 0.3) is 5.91 Å². The summed E-state index contributed by atoms with van der Waals surface area (Å²) in [5.74, 6) is -0.154. The lowest BCUT2D eigenvalue weighted by atomic mass is 10.1. The summed E-state index contributed by atoms with van der Waals surface area (Å²) in [6.07, 6.45) is 3.44. The van der Waals surface area contributed by atoms with Crippen LogP contribution in [0.3, 0.4) is 0 Å². The fraction of sp³-hybridized carbons (Fsp3) is 0.476. The number of aromatic nitrogens is 1. The van der Waals surface area contributed by atoms with E-state index in [4.69, 9.17) is 11.6 Å². The lowest BCUT2D eigenvalue weighted by Gasteiger charge is -2.30. The van der Waals surface area contributed by atoms with Crippen LogP contribution in [0.25, 0.3) is 0 Å². The fourth-order valence-corrected chi connectivity index (χ4v) is 5.30. The van der Waals surface area contributed by atoms with Crippen molar-refractivity contribution in [1.29, 1.82) is 0 Å². The zero-order valence-electron chi connectivity index (χ0n) is 17.3. The van der Waals surface area contributed by atoms with Gasteiger partial charge >= 0.3 is 0 Å². The van der Waals surface area contributed by atoms with Crippen molar-refractivity contribution in [3.63, 3.8) is 0 Å². The summed E-state index contributed by atoms with van der Waals surface area (Å²) in [6.45, 7) is 6.38. The molecule has 1 aromatic carbocycles. The molecule has 3 rings (SSSR count). The van der Waals surface area contributed by atoms with Gasteiger partial charge in [-0.15, -0.1) is 0 Å². The van der Waals surface area contributed by atoms with Gasteiger partial charge in [-0.05, 0) is 43.5 Å². The van der Waals surface area contributed by atoms with E-state index < -0.39 is 10.0 Å². The Morgan fingerprint density at radius 1 is 1.21 bits per heavy atom. The van der Waals surface area contributed by atoms with Crippen LogP contribution in [-0.2, 0) is 17.1 Å². The first-order chi connectivity index (χ1) is 13.7. The standard InChI is InChI=1S/C21H28ClN3O3S/c1-5-24(6-2)29(27,28)19-13-20(23(4)14-19)21(26)25(18-11-12-18)15(3)16-7-9-17(22)10-8-16/h7-10,13-15,18H,5-6,11-12H2,1-4H3/t15-/m0/s1. The van der Waals surface area contributed by atoms with Gasteiger partial charge in [-0.25, -0.2) is 8.42 Å². The number of hydrogen-bond acceptors (Lipinski definition) is 3. The van der Waals surface area contributed by atoms with E-state index in [1.807, 2.05) is 36.1 Å². The number of amides is 1. The Bertz CT molecular complexity index is 977. The lowest BCUT2D eigenvalue weighted by Crippen LogP contribution is -2.36. The second kappa shape index (κ2) is 8.50. The van der Waals surface area contributed by atoms with Crippen LogP contribution in [0, 0.1) is 0 Å². The van der Waals surface area contributed by atoms with E-state index in [1.165, 1.54) is 16.6 Å². The molecule has 1 aromatic heterocycles. The number of rotatable bonds is 8. The lowest BCUT2D eigenvalue weighted by molar-refractivity contribution is 0.0664. The molecule has 1 aliphatic rings. The van der Waals surface area contributed by atoms with Gasteiger partial charge in [0.15, 0.2) is 0 Å². The van der Waals surface area contributed by atoms with Gasteiger partial charge in [-0.1, -0.05) is 37.6 Å². The van der Waals surface area contributed by atoms with Gasteiger partial charge in [-0.3, -0.25) is 4.79 Å². The first-order valence-corrected chi connectivity index (χ1v) is 11.8. The maximum absolute atomic E-state index is 13.4. The Morgan fingerprint density at radius 3 is 2.31 bits per heavy atom. The van der Waals surface area contributed by atoms with E-state index in [0.717, 1.165) is 18.4 Å². The molecule has 0 bridgehead atoms. The molecule has 0 aliphatic heterocycles. The summed E-state index contributed by atoms with van der Waals surface area (Å²) < 4.78 is 28.7. The molecule has 1 aliphatic carbocycles. The van der Waals surface area contributed by atoms with Crippen molar-refractivity contribution < 1.29 is 13.2 Å². The molecule has 0 saturated heterocycles. The molecule has 6 nitrogen and oxygen atoms in total. The molecular formula is C21H28ClN3O3S. The average Bonchev–Trinajstić information content (AvgIpc) is 3.43. The predicted octanol–water partition coefficient (Wildman–Crippen LogP) is 4.07. The SMILES string of the molecule is CCN(CC)S(=O)(=O)c1cc(C(=O)N(C2CC2)[C@@H](C)c2ccc(Cl)cc2)n(C)c1. The number of nitrogens with zero attached hydrogens (tertiary/aromatic N) is 3. The van der Waals surface area contributed by atoms with Crippen molar-refractivity contribution in [3.05, 3.63) is 52.8 Å². The van der Waals surface area contributed by atoms with Crippen molar-refractivity contribution in [2.45, 2.75) is 50.6 Å². The molecule has 0 N–H and O–H groups in total. The normalized spacial score (nSPS) is 15.5. The van der Waals surface area contributed by atoms with Gasteiger partial charge in [0.2, 0.25) is 10.0 Å². The predicted molar refractivity (Wildman–Crippen MR) is 115 cm³/mol. The van der Waals surface area contributed by atoms with Crippen LogP contribution >= 0.6 is 11.6 Å². The highest BCUT2D eigenvalue weighted by molar-refractivity contribution is 7.89. The van der Waals surface area contributed by atoms with Crippen LogP contribution in [0.5, 0.6) is 0 Å². The summed E-state index contributed by atoms with van der Waals surface area (Å²) in [7, 11) is -1.90. The Balaban J connectivity index is 1.94. The molecule has 0 unspecified atom stereocenters. The maximum Gasteiger partial charge on any atom is 0.271 e. The van der Waals surface area contributed by atoms with E-state index in [-0.39, 0.29) is 22.9 Å². The Morgan fingerprint density at radius 2 is 1.79 bits per heavy atom. The van der Waals surface area contributed by atoms with Crippen molar-refractivity contribution in [3.8, 4) is 0 Å². The second-order valence-corrected chi connectivity index (χ2v) is 9.81. The molecule has 1 heterocycles. The number of carbonyl (C=O) groups excluding carboxylic acids is 1. The molecule has 1 saturated carbocycles. The van der Waals surface area contributed by atoms with Gasteiger partial charge in [0, 0.05) is 37.4 Å². The third kappa shape index (κ3) is 4.37. The number of aryl methyl sites for hydroxylation is 1. The van der Waals surface area contributed by atoms with Crippen LogP contribution in [0.2, 0.25) is 5.02 Å². The minimum absolute atomic E-state index is 0.134. The summed E-state index contributed by atoms with van der Waals surface area (Å²) in [5.41, 5.74) is 1.38. The molecule has 1 atom stereocenters. The van der Waals surface area contributed by atoms with Gasteiger partial charge < -0.3 is 9.47 Å². The molecule has 158 valence electrons. The number of sulfonamides is 1. The number of halogens is 1. The van der Waals surface area contributed by atoms with Crippen molar-refractivity contribution in [2.24, 2.45) is 7.05 Å². The number of carbonyl (C=O) groups is 1. The summed E-state index contributed by atoms with van der Waals surface area (Å²) in [4.78, 5) is 15.5. The van der Waals surface area contributed by atoms with Crippen molar-refractivity contribution >= 4 is 27.5 Å². The first-order valence-electron chi connectivity index (χ1n) is 9.95. The van der Waals surface area contributed by atoms with Crippen LogP contribution < -0.4 is 0 Å². The zero-order chi connectivity index (χ0) is 21.3. The smallest absolute Gasteiger partial charge is 0.271 e. The third-order valence-electron chi connectivity index (χ3n) is 5.49. The quantitative estimate of drug-likeness (QED) is 0.625. The van der Waals surface area contributed by atoms with Gasteiger partial charge in [0.1, 0.15) is 10.6 Å². The molecule has 1 amide bonds. The molecule has 0 radical (unpaired) electrons. The fourth-order valence-electron chi connectivity index (χ4n) is 3.65. The van der Waals surface area contributed by atoms with Gasteiger partial charge in [-0.2, -0.15) is 4.31 Å². The average molecular weight is 438 g/mol. The topological polar surface area (TPSA) is 62.6 Å². The van der Waals surface area contributed by atoms with Crippen molar-refractivity contribution in [2.75, 3.05) is 13.1 Å². The van der Waals surface area contributed by atoms with Crippen LogP contribution in [0.15, 0.2) is 41.4 Å². The monoisotopic (exact) mass is 437 g/mol. The van der Waals surface area contributed by atoms with Gasteiger partial charge in [0.05, 0.1) is 6.04 Å². The number of hydrogen-bond donors (Lipinski definition) is 0. The van der Waals surface area contributed by atoms with Crippen LogP contribution in [-0.4, -0.2) is 47.2 Å². The minimum Gasteiger partial charge on any atom is -0.345 e. The molecule has 1 fully saturated rings. The van der Waals surface area contributed by atoms with Crippen molar-refractivity contribution in [1.82, 2.24) is 13.8 Å². The molecule has 0 spiro atoms. The Kier molecular flexibility index (Phi) is 6.41. The maximum atomic E-state index is 13.4. The molecule has 8 heteroatoms. The number of benzene rings is 1. The highest BCUT2D eigenvalue weighted by Gasteiger charge is 2.38. The molecule has 29 heavy (non-hydrogen) atoms. The summed E-state index contributed by atoms with van der Waals surface area (Å²) in [6, 6.07) is 9.03. The van der Waals surface area contributed by atoms with Crippen LogP contribution in [0.1, 0.15) is 55.7 Å². The molecule has 2 aromatic rings. The molecular weight excluding hydrogens is 410 g/mol. The third-order valence-corrected chi connectivity index (χ3v) is 7.75. The Labute approximate surface area is 178 Å². The summed E-state index contributed by atoms with van der Waals surface area (Å²) >= 11 is 6.00. The first kappa shape index (κ1) is 21.9. The van der Waals surface area contributed by atoms with E-state index in [9.17, 15) is 13.2 Å². The van der Waals surface area contributed by atoms with E-state index >= 15 is 0 Å². The van der Waals surface area contributed by atoms with E-state index in [1.54, 1.807) is 25.5 Å². The summed E-state index contributed by atoms with van der Waals surface area (Å²) in [5, 5.41) is 0.652. The highest BCUT2D eigenvalue weighted by Crippen LogP contribution is 2.36. The van der Waals surface area contributed by atoms with E-state index in [0.29, 0.717) is 23.8 Å². The minimum atomic E-state index is -3.62. The largest absolute Gasteiger partial charge is 0.345 e. The van der Waals surface area contributed by atoms with Crippen LogP contribution in [0.4, 0.5) is 0 Å². The van der Waals surface area contributed by atoms with E-state index in [2.05, 4.69) is 0 Å². The highest BCUT2D eigenvalue weighted by atomic mass is 35.5. The zero-order valence-corrected chi connectivity index (χ0v) is 18.9. The Hall–Kier alpha value is -1.83.